The van der Waals surface area contributed by atoms with Gasteiger partial charge in [-0.15, -0.1) is 0 Å². The van der Waals surface area contributed by atoms with E-state index in [2.05, 4.69) is 24.2 Å². The summed E-state index contributed by atoms with van der Waals surface area (Å²) in [4.78, 5) is 19.6. The van der Waals surface area contributed by atoms with E-state index in [0.717, 1.165) is 50.2 Å². The molecule has 0 amide bonds. The molecule has 1 atom stereocenters. The van der Waals surface area contributed by atoms with E-state index in [9.17, 15) is 4.79 Å². The van der Waals surface area contributed by atoms with Crippen molar-refractivity contribution >= 4 is 11.8 Å². The molecule has 8 heteroatoms. The molecule has 2 aromatic rings. The van der Waals surface area contributed by atoms with Crippen LogP contribution in [0.3, 0.4) is 0 Å². The molecule has 0 radical (unpaired) electrons. The van der Waals surface area contributed by atoms with E-state index in [4.69, 9.17) is 23.8 Å². The van der Waals surface area contributed by atoms with Crippen LogP contribution in [-0.4, -0.2) is 51.0 Å². The Morgan fingerprint density at radius 3 is 2.50 bits per heavy atom. The van der Waals surface area contributed by atoms with Gasteiger partial charge in [-0.25, -0.2) is 10.3 Å². The van der Waals surface area contributed by atoms with Crippen LogP contribution in [-0.2, 0) is 11.3 Å². The number of nitrogens with one attached hydrogen (secondary N) is 1. The molecule has 2 aromatic carbocycles. The van der Waals surface area contributed by atoms with Crippen LogP contribution < -0.4 is 24.4 Å². The molecule has 1 heterocycles. The number of benzene rings is 2. The van der Waals surface area contributed by atoms with Gasteiger partial charge in [0.25, 0.3) is 0 Å². The zero-order valence-electron chi connectivity index (χ0n) is 19.2. The molecule has 8 nitrogen and oxygen atoms in total. The SMILES string of the molecule is CCCN(CCC)CC1Cc2cc(OC(=O)ONc3ccc(OC)c(OC)c3)ccc2O1. The Bertz CT molecular complexity index is 898. The minimum Gasteiger partial charge on any atom is -0.493 e. The van der Waals surface area contributed by atoms with Crippen molar-refractivity contribution in [1.82, 2.24) is 4.90 Å². The lowest BCUT2D eigenvalue weighted by Crippen LogP contribution is -2.35. The van der Waals surface area contributed by atoms with E-state index in [1.165, 1.54) is 7.11 Å². The fourth-order valence-corrected chi connectivity index (χ4v) is 3.79. The first-order valence-electron chi connectivity index (χ1n) is 10.9. The smallest absolute Gasteiger partial charge is 0.493 e. The highest BCUT2D eigenvalue weighted by Crippen LogP contribution is 2.33. The van der Waals surface area contributed by atoms with Crippen LogP contribution in [0.4, 0.5) is 10.5 Å². The van der Waals surface area contributed by atoms with E-state index in [0.29, 0.717) is 22.9 Å². The van der Waals surface area contributed by atoms with Gasteiger partial charge < -0.3 is 23.8 Å². The number of fused-ring (bicyclic) bond motifs is 1. The number of carbonyl (C=O) groups excluding carboxylic acids is 1. The molecule has 3 rings (SSSR count). The highest BCUT2D eigenvalue weighted by Gasteiger charge is 2.25. The number of hydrogen-bond donors (Lipinski definition) is 1. The Morgan fingerprint density at radius 1 is 1.06 bits per heavy atom. The second-order valence-electron chi connectivity index (χ2n) is 7.64. The molecular formula is C24H32N2O6. The summed E-state index contributed by atoms with van der Waals surface area (Å²) in [7, 11) is 3.08. The van der Waals surface area contributed by atoms with E-state index >= 15 is 0 Å². The van der Waals surface area contributed by atoms with Gasteiger partial charge in [-0.05, 0) is 56.3 Å². The van der Waals surface area contributed by atoms with Gasteiger partial charge in [0, 0.05) is 24.6 Å². The summed E-state index contributed by atoms with van der Waals surface area (Å²) in [5.74, 6) is 2.34. The van der Waals surface area contributed by atoms with Gasteiger partial charge in [0.1, 0.15) is 17.6 Å². The van der Waals surface area contributed by atoms with Crippen molar-refractivity contribution < 1.29 is 28.6 Å². The van der Waals surface area contributed by atoms with Crippen molar-refractivity contribution in [2.24, 2.45) is 0 Å². The van der Waals surface area contributed by atoms with Crippen molar-refractivity contribution in [3.05, 3.63) is 42.0 Å². The lowest BCUT2D eigenvalue weighted by atomic mass is 10.1. The van der Waals surface area contributed by atoms with Crippen LogP contribution in [0.5, 0.6) is 23.0 Å². The predicted octanol–water partition coefficient (Wildman–Crippen LogP) is 4.67. The van der Waals surface area contributed by atoms with Gasteiger partial charge in [-0.2, -0.15) is 0 Å². The topological polar surface area (TPSA) is 78.5 Å². The molecule has 0 spiro atoms. The molecule has 32 heavy (non-hydrogen) atoms. The summed E-state index contributed by atoms with van der Waals surface area (Å²) in [5, 5.41) is 0. The van der Waals surface area contributed by atoms with Gasteiger partial charge in [0.2, 0.25) is 0 Å². The zero-order valence-corrected chi connectivity index (χ0v) is 19.2. The van der Waals surface area contributed by atoms with Crippen LogP contribution in [0.1, 0.15) is 32.3 Å². The molecule has 174 valence electrons. The summed E-state index contributed by atoms with van der Waals surface area (Å²) in [6, 6.07) is 10.4. The van der Waals surface area contributed by atoms with Crippen LogP contribution in [0, 0.1) is 0 Å². The van der Waals surface area contributed by atoms with Crippen molar-refractivity contribution in [2.75, 3.05) is 39.3 Å². The second-order valence-corrected chi connectivity index (χ2v) is 7.64. The maximum Gasteiger partial charge on any atom is 0.538 e. The third-order valence-electron chi connectivity index (χ3n) is 5.15. The fourth-order valence-electron chi connectivity index (χ4n) is 3.79. The highest BCUT2D eigenvalue weighted by atomic mass is 16.8. The maximum absolute atomic E-state index is 12.1. The molecule has 1 aliphatic heterocycles. The normalized spacial score (nSPS) is 14.5. The lowest BCUT2D eigenvalue weighted by molar-refractivity contribution is 0.120. The van der Waals surface area contributed by atoms with Crippen LogP contribution >= 0.6 is 0 Å². The molecule has 0 bridgehead atoms. The van der Waals surface area contributed by atoms with E-state index in [1.807, 2.05) is 12.1 Å². The van der Waals surface area contributed by atoms with Gasteiger partial charge in [-0.3, -0.25) is 4.90 Å². The second kappa shape index (κ2) is 11.5. The molecule has 1 N–H and O–H groups in total. The van der Waals surface area contributed by atoms with E-state index in [-0.39, 0.29) is 6.10 Å². The summed E-state index contributed by atoms with van der Waals surface area (Å²) in [6.45, 7) is 7.41. The average Bonchev–Trinajstić information content (AvgIpc) is 3.19. The average molecular weight is 445 g/mol. The first-order valence-corrected chi connectivity index (χ1v) is 10.9. The van der Waals surface area contributed by atoms with E-state index < -0.39 is 6.16 Å². The highest BCUT2D eigenvalue weighted by molar-refractivity contribution is 5.66. The fraction of sp³-hybridized carbons (Fsp3) is 0.458. The Morgan fingerprint density at radius 2 is 1.81 bits per heavy atom. The standard InChI is InChI=1S/C24H32N2O6/c1-5-11-26(12-6-2)16-20-14-17-13-19(8-10-21(17)30-20)31-24(27)32-25-18-7-9-22(28-3)23(15-18)29-4/h7-10,13,15,20,25H,5-6,11-12,14,16H2,1-4H3. The van der Waals surface area contributed by atoms with E-state index in [1.54, 1.807) is 31.4 Å². The monoisotopic (exact) mass is 444 g/mol. The zero-order chi connectivity index (χ0) is 22.9. The number of nitrogens with zero attached hydrogens (tertiary/aromatic N) is 1. The van der Waals surface area contributed by atoms with Gasteiger partial charge >= 0.3 is 6.16 Å². The third-order valence-corrected chi connectivity index (χ3v) is 5.15. The number of methoxy groups -OCH3 is 2. The molecule has 0 aromatic heterocycles. The van der Waals surface area contributed by atoms with Crippen LogP contribution in [0.15, 0.2) is 36.4 Å². The first-order chi connectivity index (χ1) is 15.6. The largest absolute Gasteiger partial charge is 0.538 e. The summed E-state index contributed by atoms with van der Waals surface area (Å²) < 4.78 is 21.8. The van der Waals surface area contributed by atoms with Crippen LogP contribution in [0.2, 0.25) is 0 Å². The molecule has 0 saturated carbocycles. The van der Waals surface area contributed by atoms with Crippen molar-refractivity contribution in [1.29, 1.82) is 0 Å². The number of rotatable bonds is 11. The maximum atomic E-state index is 12.1. The summed E-state index contributed by atoms with van der Waals surface area (Å²) in [5.41, 5.74) is 4.11. The summed E-state index contributed by atoms with van der Waals surface area (Å²) in [6.07, 6.45) is 2.27. The van der Waals surface area contributed by atoms with Crippen LogP contribution in [0.25, 0.3) is 0 Å². The molecule has 1 aliphatic rings. The van der Waals surface area contributed by atoms with Crippen molar-refractivity contribution in [3.8, 4) is 23.0 Å². The molecule has 0 aliphatic carbocycles. The van der Waals surface area contributed by atoms with Gasteiger partial charge in [-0.1, -0.05) is 13.8 Å². The summed E-state index contributed by atoms with van der Waals surface area (Å²) >= 11 is 0. The number of ether oxygens (including phenoxy) is 4. The number of hydrogen-bond acceptors (Lipinski definition) is 8. The molecular weight excluding hydrogens is 412 g/mol. The van der Waals surface area contributed by atoms with Crippen molar-refractivity contribution in [3.63, 3.8) is 0 Å². The molecule has 0 fully saturated rings. The quantitative estimate of drug-likeness (QED) is 0.304. The van der Waals surface area contributed by atoms with Gasteiger partial charge in [0.05, 0.1) is 19.9 Å². The number of anilines is 1. The lowest BCUT2D eigenvalue weighted by Gasteiger charge is -2.24. The molecule has 0 saturated heterocycles. The Kier molecular flexibility index (Phi) is 8.44. The molecule has 1 unspecified atom stereocenters. The Hall–Kier alpha value is -3.13. The minimum atomic E-state index is -0.868. The Balaban J connectivity index is 1.52. The first kappa shape index (κ1) is 23.5. The van der Waals surface area contributed by atoms with Crippen molar-refractivity contribution in [2.45, 2.75) is 39.2 Å². The van der Waals surface area contributed by atoms with Gasteiger partial charge in [0.15, 0.2) is 11.5 Å². The minimum absolute atomic E-state index is 0.108. The third kappa shape index (κ3) is 6.20. The Labute approximate surface area is 189 Å². The predicted molar refractivity (Wildman–Crippen MR) is 122 cm³/mol. The number of carbonyl (C=O) groups is 1.